The number of allylic oxidation sites excluding steroid dienone is 3. The zero-order valence-electron chi connectivity index (χ0n) is 18.4. The third kappa shape index (κ3) is 4.19. The number of hydrogen-bond donors (Lipinski definition) is 1. The third-order valence-corrected chi connectivity index (χ3v) is 5.78. The van der Waals surface area contributed by atoms with Gasteiger partial charge in [-0.15, -0.1) is 0 Å². The number of aliphatic imine (C=N–C) groups is 1. The van der Waals surface area contributed by atoms with Crippen molar-refractivity contribution in [3.63, 3.8) is 0 Å². The Bertz CT molecular complexity index is 1140. The molecule has 0 aliphatic carbocycles. The van der Waals surface area contributed by atoms with Gasteiger partial charge < -0.3 is 10.2 Å². The summed E-state index contributed by atoms with van der Waals surface area (Å²) in [5, 5.41) is 3.40. The van der Waals surface area contributed by atoms with Gasteiger partial charge in [0, 0.05) is 42.8 Å². The van der Waals surface area contributed by atoms with Crippen LogP contribution < -0.4 is 10.2 Å². The van der Waals surface area contributed by atoms with Crippen LogP contribution in [0.25, 0.3) is 5.57 Å². The van der Waals surface area contributed by atoms with E-state index in [1.54, 1.807) is 30.3 Å². The maximum Gasteiger partial charge on any atom is 0.250 e. The first-order chi connectivity index (χ1) is 15.0. The molecule has 0 spiro atoms. The number of pyridine rings is 2. The number of fused-ring (bicyclic) bond motifs is 1. The minimum Gasteiger partial charge on any atom is -0.346 e. The molecule has 1 amide bonds. The fraction of sp³-hybridized carbons (Fsp3) is 0.280. The fourth-order valence-corrected chi connectivity index (χ4v) is 4.00. The molecular weight excluding hydrogens is 386 g/mol. The van der Waals surface area contributed by atoms with Crippen molar-refractivity contribution in [1.29, 1.82) is 0 Å². The molecule has 158 valence electrons. The van der Waals surface area contributed by atoms with Gasteiger partial charge in [-0.05, 0) is 67.7 Å². The first-order valence-electron chi connectivity index (χ1n) is 10.5. The van der Waals surface area contributed by atoms with Gasteiger partial charge in [0.05, 0.1) is 18.4 Å². The van der Waals surface area contributed by atoms with Crippen molar-refractivity contribution in [2.24, 2.45) is 4.99 Å². The van der Waals surface area contributed by atoms with E-state index in [0.29, 0.717) is 0 Å². The van der Waals surface area contributed by atoms with Gasteiger partial charge in [-0.25, -0.2) is 0 Å². The Hall–Kier alpha value is -3.54. The summed E-state index contributed by atoms with van der Waals surface area (Å²) in [5.41, 5.74) is 7.57. The van der Waals surface area contributed by atoms with Crippen LogP contribution in [0, 0.1) is 13.8 Å². The lowest BCUT2D eigenvalue weighted by Gasteiger charge is -2.16. The van der Waals surface area contributed by atoms with Crippen LogP contribution in [0.1, 0.15) is 41.6 Å². The summed E-state index contributed by atoms with van der Waals surface area (Å²) in [6.45, 7) is 6.71. The van der Waals surface area contributed by atoms with Crippen LogP contribution in [0.3, 0.4) is 0 Å². The number of nitrogens with zero attached hydrogens (tertiary/aromatic N) is 4. The molecule has 0 fully saturated rings. The SMILES string of the molecule is C/C=C/C(=O)N(C)c1cncc(C2=CNC3=NC[C@H](c4cc(C)ncc4C)C3=CC2)c1. The van der Waals surface area contributed by atoms with E-state index < -0.39 is 0 Å². The molecule has 31 heavy (non-hydrogen) atoms. The first-order valence-corrected chi connectivity index (χ1v) is 10.5. The topological polar surface area (TPSA) is 70.5 Å². The first kappa shape index (κ1) is 20.7. The normalized spacial score (nSPS) is 17.9. The maximum absolute atomic E-state index is 12.2. The molecule has 4 heterocycles. The smallest absolute Gasteiger partial charge is 0.250 e. The summed E-state index contributed by atoms with van der Waals surface area (Å²) >= 11 is 0. The molecule has 6 heteroatoms. The third-order valence-electron chi connectivity index (χ3n) is 5.78. The second-order valence-electron chi connectivity index (χ2n) is 7.93. The molecule has 0 saturated carbocycles. The molecule has 1 atom stereocenters. The van der Waals surface area contributed by atoms with Gasteiger partial charge in [0.25, 0.3) is 0 Å². The monoisotopic (exact) mass is 413 g/mol. The van der Waals surface area contributed by atoms with Gasteiger partial charge in [0.2, 0.25) is 5.91 Å². The number of aromatic nitrogens is 2. The second kappa shape index (κ2) is 8.68. The Kier molecular flexibility index (Phi) is 5.80. The number of rotatable bonds is 4. The molecule has 2 aliphatic rings. The molecule has 2 aliphatic heterocycles. The number of likely N-dealkylation sites (N-methyl/N-ethyl adjacent to an activating group) is 1. The lowest BCUT2D eigenvalue weighted by Crippen LogP contribution is -2.24. The van der Waals surface area contributed by atoms with Gasteiger partial charge in [-0.1, -0.05) is 12.2 Å². The number of carbonyl (C=O) groups is 1. The van der Waals surface area contributed by atoms with Gasteiger partial charge >= 0.3 is 0 Å². The number of amidine groups is 1. The lowest BCUT2D eigenvalue weighted by atomic mass is 9.89. The number of anilines is 1. The van der Waals surface area contributed by atoms with E-state index in [9.17, 15) is 4.79 Å². The van der Waals surface area contributed by atoms with Crippen molar-refractivity contribution in [3.05, 3.63) is 83.1 Å². The number of aryl methyl sites for hydroxylation is 2. The largest absolute Gasteiger partial charge is 0.346 e. The molecule has 0 bridgehead atoms. The highest BCUT2D eigenvalue weighted by atomic mass is 16.2. The highest BCUT2D eigenvalue weighted by Gasteiger charge is 2.28. The summed E-state index contributed by atoms with van der Waals surface area (Å²) in [6, 6.07) is 4.17. The summed E-state index contributed by atoms with van der Waals surface area (Å²) < 4.78 is 0. The molecule has 0 saturated heterocycles. The van der Waals surface area contributed by atoms with E-state index in [1.165, 1.54) is 16.7 Å². The van der Waals surface area contributed by atoms with E-state index in [0.717, 1.165) is 41.3 Å². The van der Waals surface area contributed by atoms with Gasteiger partial charge in [0.1, 0.15) is 5.84 Å². The zero-order chi connectivity index (χ0) is 22.0. The fourth-order valence-electron chi connectivity index (χ4n) is 4.00. The van der Waals surface area contributed by atoms with E-state index in [-0.39, 0.29) is 11.8 Å². The summed E-state index contributed by atoms with van der Waals surface area (Å²) in [7, 11) is 1.76. The number of hydrogen-bond acceptors (Lipinski definition) is 5. The number of nitrogens with one attached hydrogen (secondary N) is 1. The van der Waals surface area contributed by atoms with Gasteiger partial charge in [0.15, 0.2) is 0 Å². The van der Waals surface area contributed by atoms with Crippen LogP contribution in [0.4, 0.5) is 5.69 Å². The predicted molar refractivity (Wildman–Crippen MR) is 125 cm³/mol. The van der Waals surface area contributed by atoms with Crippen molar-refractivity contribution in [3.8, 4) is 0 Å². The zero-order valence-corrected chi connectivity index (χ0v) is 18.4. The molecular formula is C25H27N5O. The molecule has 6 nitrogen and oxygen atoms in total. The standard InChI is InChI=1S/C25H27N5O/c1-5-6-24(31)30(4)20-10-19(12-26-14-20)18-7-8-21-23(15-29-25(21)28-13-18)22-9-17(3)27-11-16(22)2/h5-6,8-14,23H,7,15H2,1-4H3,(H,28,29)/b6-5+/t23-/m0/s1. The minimum absolute atomic E-state index is 0.0775. The minimum atomic E-state index is -0.0775. The van der Waals surface area contributed by atoms with Crippen LogP contribution in [-0.2, 0) is 4.79 Å². The molecule has 0 radical (unpaired) electrons. The van der Waals surface area contributed by atoms with E-state index in [1.807, 2.05) is 38.5 Å². The van der Waals surface area contributed by atoms with E-state index in [4.69, 9.17) is 4.99 Å². The molecule has 1 N–H and O–H groups in total. The van der Waals surface area contributed by atoms with Crippen molar-refractivity contribution < 1.29 is 4.79 Å². The van der Waals surface area contributed by atoms with Crippen LogP contribution in [-0.4, -0.2) is 35.3 Å². The Labute approximate surface area is 183 Å². The Morgan fingerprint density at radius 3 is 2.87 bits per heavy atom. The maximum atomic E-state index is 12.2. The van der Waals surface area contributed by atoms with Crippen molar-refractivity contribution in [2.45, 2.75) is 33.1 Å². The van der Waals surface area contributed by atoms with Crippen LogP contribution in [0.2, 0.25) is 0 Å². The molecule has 2 aromatic heterocycles. The molecule has 0 unspecified atom stereocenters. The van der Waals surface area contributed by atoms with Crippen molar-refractivity contribution in [2.75, 3.05) is 18.5 Å². The van der Waals surface area contributed by atoms with Crippen LogP contribution in [0.15, 0.2) is 65.7 Å². The lowest BCUT2D eigenvalue weighted by molar-refractivity contribution is -0.113. The highest BCUT2D eigenvalue weighted by molar-refractivity contribution is 6.04. The van der Waals surface area contributed by atoms with Crippen molar-refractivity contribution >= 4 is 23.0 Å². The second-order valence-corrected chi connectivity index (χ2v) is 7.93. The number of carbonyl (C=O) groups excluding carboxylic acids is 1. The van der Waals surface area contributed by atoms with Crippen LogP contribution >= 0.6 is 0 Å². The Balaban J connectivity index is 1.60. The average Bonchev–Trinajstić information content (AvgIpc) is 3.05. The van der Waals surface area contributed by atoms with E-state index >= 15 is 0 Å². The molecule has 4 rings (SSSR count). The summed E-state index contributed by atoms with van der Waals surface area (Å²) in [5.74, 6) is 1.09. The molecule has 2 aromatic rings. The van der Waals surface area contributed by atoms with Gasteiger partial charge in [-0.3, -0.25) is 19.8 Å². The Morgan fingerprint density at radius 2 is 2.06 bits per heavy atom. The van der Waals surface area contributed by atoms with Crippen molar-refractivity contribution in [1.82, 2.24) is 15.3 Å². The number of amides is 1. The summed E-state index contributed by atoms with van der Waals surface area (Å²) in [4.78, 5) is 27.3. The molecule has 0 aromatic carbocycles. The predicted octanol–water partition coefficient (Wildman–Crippen LogP) is 4.09. The quantitative estimate of drug-likeness (QED) is 0.767. The van der Waals surface area contributed by atoms with Crippen LogP contribution in [0.5, 0.6) is 0 Å². The summed E-state index contributed by atoms with van der Waals surface area (Å²) in [6.07, 6.45) is 13.8. The Morgan fingerprint density at radius 1 is 1.23 bits per heavy atom. The average molecular weight is 414 g/mol. The van der Waals surface area contributed by atoms with Gasteiger partial charge in [-0.2, -0.15) is 0 Å². The highest BCUT2D eigenvalue weighted by Crippen LogP contribution is 2.35. The van der Waals surface area contributed by atoms with E-state index in [2.05, 4.69) is 34.4 Å².